The third kappa shape index (κ3) is 7.09. The molecule has 2 atom stereocenters. The van der Waals surface area contributed by atoms with Gasteiger partial charge >= 0.3 is 161 Å². The van der Waals surface area contributed by atoms with Crippen LogP contribution in [0.15, 0.2) is 42.5 Å². The zero-order valence-electron chi connectivity index (χ0n) is 17.0. The summed E-state index contributed by atoms with van der Waals surface area (Å²) in [6, 6.07) is 10.4. The van der Waals surface area contributed by atoms with E-state index in [1.807, 2.05) is 6.07 Å². The fourth-order valence-electron chi connectivity index (χ4n) is 4.17. The van der Waals surface area contributed by atoms with Crippen LogP contribution in [-0.4, -0.2) is 23.5 Å². The number of aliphatic hydroxyl groups is 1. The van der Waals surface area contributed by atoms with E-state index >= 15 is 0 Å². The van der Waals surface area contributed by atoms with Crippen molar-refractivity contribution in [1.29, 1.82) is 0 Å². The van der Waals surface area contributed by atoms with Gasteiger partial charge in [0.05, 0.1) is 0 Å². The molecule has 2 heteroatoms. The molecule has 0 aliphatic carbocycles. The van der Waals surface area contributed by atoms with Crippen molar-refractivity contribution in [2.24, 2.45) is 0 Å². The van der Waals surface area contributed by atoms with Crippen molar-refractivity contribution in [2.45, 2.75) is 89.6 Å². The molecule has 0 spiro atoms. The summed E-state index contributed by atoms with van der Waals surface area (Å²) in [5.41, 5.74) is 1.11. The van der Waals surface area contributed by atoms with Crippen LogP contribution >= 0.6 is 0 Å². The average molecular weight is 451 g/mol. The molecule has 0 heterocycles. The van der Waals surface area contributed by atoms with Gasteiger partial charge in [-0.15, -0.1) is 0 Å². The van der Waals surface area contributed by atoms with Gasteiger partial charge in [0.1, 0.15) is 0 Å². The molecule has 0 radical (unpaired) electrons. The summed E-state index contributed by atoms with van der Waals surface area (Å²) in [5.74, 6) is 0. The van der Waals surface area contributed by atoms with Gasteiger partial charge in [-0.25, -0.2) is 0 Å². The zero-order chi connectivity index (χ0) is 18.5. The van der Waals surface area contributed by atoms with Crippen LogP contribution in [0.3, 0.4) is 0 Å². The number of allylic oxidation sites excluding steroid dienone is 1. The van der Waals surface area contributed by atoms with Crippen LogP contribution in [-0.2, 0) is 0 Å². The van der Waals surface area contributed by atoms with Gasteiger partial charge in [-0.05, 0) is 0 Å². The fraction of sp³-hybridized carbons (Fsp3) is 0.652. The molecule has 1 aromatic carbocycles. The number of hydrogen-bond donors (Lipinski definition) is 1. The third-order valence-electron chi connectivity index (χ3n) is 5.67. The second-order valence-corrected chi connectivity index (χ2v) is 21.5. The van der Waals surface area contributed by atoms with Gasteiger partial charge < -0.3 is 0 Å². The first-order valence-electron chi connectivity index (χ1n) is 10.5. The van der Waals surface area contributed by atoms with E-state index in [1.165, 1.54) is 51.8 Å². The van der Waals surface area contributed by atoms with E-state index in [9.17, 15) is 5.11 Å². The fourth-order valence-corrected chi connectivity index (χ4v) is 22.4. The van der Waals surface area contributed by atoms with E-state index in [0.29, 0.717) is 3.93 Å². The molecule has 0 aliphatic rings. The van der Waals surface area contributed by atoms with E-state index in [0.717, 1.165) is 5.56 Å². The molecule has 142 valence electrons. The zero-order valence-corrected chi connectivity index (χ0v) is 19.9. The summed E-state index contributed by atoms with van der Waals surface area (Å²) in [6.45, 7) is 9.07. The van der Waals surface area contributed by atoms with Crippen LogP contribution < -0.4 is 0 Å². The molecular weight excluding hydrogens is 411 g/mol. The first-order valence-corrected chi connectivity index (χ1v) is 18.2. The molecule has 0 bridgehead atoms. The van der Waals surface area contributed by atoms with Gasteiger partial charge in [-0.3, -0.25) is 0 Å². The van der Waals surface area contributed by atoms with Gasteiger partial charge in [0.15, 0.2) is 0 Å². The topological polar surface area (TPSA) is 20.2 Å². The Morgan fingerprint density at radius 2 is 1.36 bits per heavy atom. The Morgan fingerprint density at radius 3 is 1.76 bits per heavy atom. The Morgan fingerprint density at radius 1 is 0.880 bits per heavy atom. The molecule has 0 unspecified atom stereocenters. The number of rotatable bonds is 13. The van der Waals surface area contributed by atoms with Gasteiger partial charge in [0, 0.05) is 0 Å². The Balaban J connectivity index is 3.24. The Labute approximate surface area is 160 Å². The number of unbranched alkanes of at least 4 members (excludes halogenated alkanes) is 3. The molecule has 0 saturated carbocycles. The Hall–Kier alpha value is -0.281. The van der Waals surface area contributed by atoms with Crippen molar-refractivity contribution < 1.29 is 5.11 Å². The predicted octanol–water partition coefficient (Wildman–Crippen LogP) is 7.52. The maximum absolute atomic E-state index is 11.3. The summed E-state index contributed by atoms with van der Waals surface area (Å²) in [6.07, 6.45) is 12.1. The molecular formula is C23H40OSn. The van der Waals surface area contributed by atoms with Crippen LogP contribution in [0, 0.1) is 0 Å². The molecule has 0 aliphatic heterocycles. The van der Waals surface area contributed by atoms with Crippen molar-refractivity contribution in [3.63, 3.8) is 0 Å². The molecule has 1 nitrogen and oxygen atoms in total. The molecule has 1 N–H and O–H groups in total. The molecule has 25 heavy (non-hydrogen) atoms. The number of hydrogen-bond acceptors (Lipinski definition) is 1. The van der Waals surface area contributed by atoms with E-state index in [-0.39, 0.29) is 6.10 Å². The molecule has 0 fully saturated rings. The van der Waals surface area contributed by atoms with Crippen molar-refractivity contribution in [3.05, 3.63) is 48.0 Å². The molecule has 0 aromatic heterocycles. The summed E-state index contributed by atoms with van der Waals surface area (Å²) in [4.78, 5) is 0. The van der Waals surface area contributed by atoms with Crippen LogP contribution in [0.2, 0.25) is 17.2 Å². The summed E-state index contributed by atoms with van der Waals surface area (Å²) in [5, 5.41) is 11.3. The van der Waals surface area contributed by atoms with Crippen molar-refractivity contribution in [2.75, 3.05) is 0 Å². The first-order chi connectivity index (χ1) is 12.1. The second-order valence-electron chi connectivity index (χ2n) is 7.58. The molecule has 0 amide bonds. The van der Waals surface area contributed by atoms with Crippen molar-refractivity contribution >= 4 is 18.4 Å². The van der Waals surface area contributed by atoms with Gasteiger partial charge in [0.2, 0.25) is 0 Å². The summed E-state index contributed by atoms with van der Waals surface area (Å²) in [7, 11) is 0. The quantitative estimate of drug-likeness (QED) is 0.243. The Bertz CT molecular complexity index is 446. The van der Waals surface area contributed by atoms with Crippen molar-refractivity contribution in [1.82, 2.24) is 0 Å². The predicted molar refractivity (Wildman–Crippen MR) is 115 cm³/mol. The molecule has 0 saturated heterocycles. The average Bonchev–Trinajstić information content (AvgIpc) is 2.66. The van der Waals surface area contributed by atoms with Crippen LogP contribution in [0.25, 0.3) is 0 Å². The molecule has 1 aromatic rings. The monoisotopic (exact) mass is 452 g/mol. The minimum absolute atomic E-state index is 0.321. The van der Waals surface area contributed by atoms with Gasteiger partial charge in [-0.1, -0.05) is 0 Å². The van der Waals surface area contributed by atoms with E-state index in [1.54, 1.807) is 0 Å². The summed E-state index contributed by atoms with van der Waals surface area (Å²) < 4.78 is 4.71. The molecule has 1 rings (SSSR count). The Kier molecular flexibility index (Phi) is 11.8. The van der Waals surface area contributed by atoms with Crippen LogP contribution in [0.5, 0.6) is 0 Å². The normalized spacial score (nSPS) is 14.8. The second kappa shape index (κ2) is 13.0. The van der Waals surface area contributed by atoms with Gasteiger partial charge in [-0.2, -0.15) is 0 Å². The van der Waals surface area contributed by atoms with Crippen molar-refractivity contribution in [3.8, 4) is 0 Å². The van der Waals surface area contributed by atoms with E-state index in [4.69, 9.17) is 0 Å². The minimum atomic E-state index is -2.51. The van der Waals surface area contributed by atoms with Gasteiger partial charge in [0.25, 0.3) is 0 Å². The maximum atomic E-state index is 11.3. The first kappa shape index (κ1) is 22.8. The van der Waals surface area contributed by atoms with Crippen LogP contribution in [0.4, 0.5) is 0 Å². The standard InChI is InChI=1S/C11H13O.3C4H9.Sn/c1-2-3-9-11(12)10-7-5-4-6-8-10;3*1-3-4-2;/h2-9,11-12H,1H3;3*1,3-4H2,2H3;/b3-2+;;;;/t11-;;;;/m0..../s1. The number of aliphatic hydroxyl groups excluding tert-OH is 1. The summed E-state index contributed by atoms with van der Waals surface area (Å²) >= 11 is -2.51. The number of benzene rings is 1. The van der Waals surface area contributed by atoms with Crippen LogP contribution in [0.1, 0.15) is 77.9 Å². The van der Waals surface area contributed by atoms with E-state index in [2.05, 4.69) is 64.1 Å². The SMILES string of the molecule is C/C=C/[C@@H]([C@H](O)c1ccccc1)[Sn]([CH2]CCC)([CH2]CCC)[CH2]CCC. The third-order valence-corrected chi connectivity index (χ3v) is 22.7. The van der Waals surface area contributed by atoms with E-state index < -0.39 is 18.4 Å².